The summed E-state index contributed by atoms with van der Waals surface area (Å²) in [5.41, 5.74) is 0. The molecule has 13 heavy (non-hydrogen) atoms. The van der Waals surface area contributed by atoms with Gasteiger partial charge in [-0.15, -0.1) is 11.3 Å². The fourth-order valence-electron chi connectivity index (χ4n) is 1.02. The highest BCUT2D eigenvalue weighted by molar-refractivity contribution is 7.16. The lowest BCUT2D eigenvalue weighted by Gasteiger charge is -1.94. The molecule has 2 heterocycles. The Morgan fingerprint density at radius 3 is 2.92 bits per heavy atom. The first-order chi connectivity index (χ1) is 6.31. The van der Waals surface area contributed by atoms with Gasteiger partial charge in [-0.3, -0.25) is 4.79 Å². The quantitative estimate of drug-likeness (QED) is 0.676. The number of carbonyl (C=O) groups excluding carboxylic acids is 1. The number of hydrogen-bond donors (Lipinski definition) is 0. The van der Waals surface area contributed by atoms with Crippen molar-refractivity contribution in [1.29, 1.82) is 0 Å². The molecule has 0 radical (unpaired) electrons. The number of imidazole rings is 1. The third kappa shape index (κ3) is 1.38. The van der Waals surface area contributed by atoms with Crippen LogP contribution in [0.2, 0.25) is 0 Å². The highest BCUT2D eigenvalue weighted by Crippen LogP contribution is 2.21. The third-order valence-corrected chi connectivity index (χ3v) is 2.57. The summed E-state index contributed by atoms with van der Waals surface area (Å²) in [5, 5.41) is 0.773. The van der Waals surface area contributed by atoms with Crippen molar-refractivity contribution in [2.45, 2.75) is 0 Å². The normalized spacial score (nSPS) is 10.2. The molecule has 0 fully saturated rings. The van der Waals surface area contributed by atoms with Crippen molar-refractivity contribution < 1.29 is 4.79 Å². The summed E-state index contributed by atoms with van der Waals surface area (Å²) in [7, 11) is 1.89. The number of aryl methyl sites for hydroxylation is 1. The van der Waals surface area contributed by atoms with Crippen LogP contribution in [-0.4, -0.2) is 20.8 Å². The molecule has 2 aromatic rings. The monoisotopic (exact) mass is 193 g/mol. The minimum atomic E-state index is 0.623. The van der Waals surface area contributed by atoms with Gasteiger partial charge < -0.3 is 4.57 Å². The molecule has 4 nitrogen and oxygen atoms in total. The van der Waals surface area contributed by atoms with Gasteiger partial charge in [0.15, 0.2) is 17.1 Å². The van der Waals surface area contributed by atoms with Gasteiger partial charge in [0.2, 0.25) is 0 Å². The smallest absolute Gasteiger partial charge is 0.168 e. The second-order valence-corrected chi connectivity index (χ2v) is 3.61. The van der Waals surface area contributed by atoms with Crippen molar-refractivity contribution >= 4 is 17.6 Å². The van der Waals surface area contributed by atoms with Crippen molar-refractivity contribution in [3.63, 3.8) is 0 Å². The molecule has 2 rings (SSSR count). The molecule has 0 saturated heterocycles. The van der Waals surface area contributed by atoms with Crippen LogP contribution in [0.1, 0.15) is 9.67 Å². The number of rotatable bonds is 2. The third-order valence-electron chi connectivity index (χ3n) is 1.65. The van der Waals surface area contributed by atoms with E-state index in [0.29, 0.717) is 4.88 Å². The van der Waals surface area contributed by atoms with Crippen LogP contribution in [0, 0.1) is 0 Å². The van der Waals surface area contributed by atoms with E-state index in [1.165, 1.54) is 11.3 Å². The molecule has 2 aromatic heterocycles. The zero-order valence-corrected chi connectivity index (χ0v) is 7.78. The first-order valence-corrected chi connectivity index (χ1v) is 4.51. The predicted molar refractivity (Wildman–Crippen MR) is 49.7 cm³/mol. The second-order valence-electron chi connectivity index (χ2n) is 2.55. The summed E-state index contributed by atoms with van der Waals surface area (Å²) in [5.74, 6) is 0.790. The molecular weight excluding hydrogens is 186 g/mol. The molecule has 0 unspecified atom stereocenters. The van der Waals surface area contributed by atoms with E-state index in [-0.39, 0.29) is 0 Å². The molecule has 0 aliphatic rings. The lowest BCUT2D eigenvalue weighted by molar-refractivity contribution is 0.112. The van der Waals surface area contributed by atoms with Gasteiger partial charge in [0.05, 0.1) is 4.88 Å². The molecule has 0 amide bonds. The zero-order chi connectivity index (χ0) is 9.26. The van der Waals surface area contributed by atoms with Crippen LogP contribution in [0.15, 0.2) is 18.6 Å². The van der Waals surface area contributed by atoms with Crippen molar-refractivity contribution in [3.8, 4) is 10.8 Å². The van der Waals surface area contributed by atoms with Crippen molar-refractivity contribution in [1.82, 2.24) is 14.5 Å². The highest BCUT2D eigenvalue weighted by Gasteiger charge is 2.07. The fraction of sp³-hybridized carbons (Fsp3) is 0.125. The van der Waals surface area contributed by atoms with Crippen LogP contribution in [0.3, 0.4) is 0 Å². The molecule has 0 spiro atoms. The van der Waals surface area contributed by atoms with Gasteiger partial charge in [0, 0.05) is 25.6 Å². The van der Waals surface area contributed by atoms with Crippen LogP contribution < -0.4 is 0 Å². The second kappa shape index (κ2) is 3.10. The van der Waals surface area contributed by atoms with Crippen molar-refractivity contribution in [3.05, 3.63) is 23.5 Å². The van der Waals surface area contributed by atoms with Crippen LogP contribution in [0.5, 0.6) is 0 Å². The average Bonchev–Trinajstić information content (AvgIpc) is 2.71. The lowest BCUT2D eigenvalue weighted by Crippen LogP contribution is -1.89. The Morgan fingerprint density at radius 2 is 2.38 bits per heavy atom. The number of thiazole rings is 1. The molecule has 0 atom stereocenters. The summed E-state index contributed by atoms with van der Waals surface area (Å²) >= 11 is 1.34. The van der Waals surface area contributed by atoms with E-state index in [2.05, 4.69) is 9.97 Å². The van der Waals surface area contributed by atoms with E-state index >= 15 is 0 Å². The Morgan fingerprint density at radius 1 is 1.54 bits per heavy atom. The number of aromatic nitrogens is 3. The Bertz CT molecular complexity index is 432. The molecule has 0 saturated carbocycles. The standard InChI is InChI=1S/C8H7N3OS/c1-11-3-2-9-7(11)8-10-4-6(5-12)13-8/h2-5H,1H3. The minimum absolute atomic E-state index is 0.623. The topological polar surface area (TPSA) is 47.8 Å². The van der Waals surface area contributed by atoms with Crippen LogP contribution in [0.4, 0.5) is 0 Å². The number of carbonyl (C=O) groups is 1. The minimum Gasteiger partial charge on any atom is -0.332 e. The predicted octanol–water partition coefficient (Wildman–Crippen LogP) is 1.36. The summed E-state index contributed by atoms with van der Waals surface area (Å²) < 4.78 is 1.87. The lowest BCUT2D eigenvalue weighted by atomic mass is 10.6. The van der Waals surface area contributed by atoms with Gasteiger partial charge in [-0.1, -0.05) is 0 Å². The van der Waals surface area contributed by atoms with E-state index in [1.807, 2.05) is 17.8 Å². The van der Waals surface area contributed by atoms with Crippen LogP contribution >= 0.6 is 11.3 Å². The number of nitrogens with zero attached hydrogens (tertiary/aromatic N) is 3. The Labute approximate surface area is 78.9 Å². The summed E-state index contributed by atoms with van der Waals surface area (Å²) in [6.45, 7) is 0. The van der Waals surface area contributed by atoms with Gasteiger partial charge >= 0.3 is 0 Å². The maximum Gasteiger partial charge on any atom is 0.168 e. The molecule has 66 valence electrons. The Balaban J connectivity index is 2.46. The molecular formula is C8H7N3OS. The zero-order valence-electron chi connectivity index (χ0n) is 6.97. The van der Waals surface area contributed by atoms with E-state index in [0.717, 1.165) is 17.1 Å². The van der Waals surface area contributed by atoms with Crippen LogP contribution in [0.25, 0.3) is 10.8 Å². The van der Waals surface area contributed by atoms with Gasteiger partial charge in [0.25, 0.3) is 0 Å². The fourth-order valence-corrected chi connectivity index (χ4v) is 1.79. The summed E-state index contributed by atoms with van der Waals surface area (Å²) in [4.78, 5) is 19.3. The van der Waals surface area contributed by atoms with Gasteiger partial charge in [-0.25, -0.2) is 9.97 Å². The van der Waals surface area contributed by atoms with Gasteiger partial charge in [0.1, 0.15) is 0 Å². The molecule has 0 aliphatic heterocycles. The molecule has 0 N–H and O–H groups in total. The Hall–Kier alpha value is -1.49. The first kappa shape index (κ1) is 8.12. The maximum absolute atomic E-state index is 10.4. The SMILES string of the molecule is Cn1ccnc1-c1ncc(C=O)s1. The van der Waals surface area contributed by atoms with Crippen molar-refractivity contribution in [2.75, 3.05) is 0 Å². The van der Waals surface area contributed by atoms with Gasteiger partial charge in [-0.2, -0.15) is 0 Å². The summed E-state index contributed by atoms with van der Waals surface area (Å²) in [6.07, 6.45) is 5.90. The van der Waals surface area contributed by atoms with E-state index in [1.54, 1.807) is 12.4 Å². The Kier molecular flexibility index (Phi) is 1.94. The largest absolute Gasteiger partial charge is 0.332 e. The van der Waals surface area contributed by atoms with E-state index < -0.39 is 0 Å². The van der Waals surface area contributed by atoms with Gasteiger partial charge in [-0.05, 0) is 0 Å². The first-order valence-electron chi connectivity index (χ1n) is 3.70. The molecule has 0 aromatic carbocycles. The highest BCUT2D eigenvalue weighted by atomic mass is 32.1. The van der Waals surface area contributed by atoms with E-state index in [9.17, 15) is 4.79 Å². The van der Waals surface area contributed by atoms with Crippen LogP contribution in [-0.2, 0) is 7.05 Å². The molecule has 0 bridgehead atoms. The number of hydrogen-bond acceptors (Lipinski definition) is 4. The number of aldehydes is 1. The van der Waals surface area contributed by atoms with Crippen molar-refractivity contribution in [2.24, 2.45) is 7.05 Å². The molecule has 5 heteroatoms. The summed E-state index contributed by atoms with van der Waals surface area (Å²) in [6, 6.07) is 0. The van der Waals surface area contributed by atoms with E-state index in [4.69, 9.17) is 0 Å². The maximum atomic E-state index is 10.4. The molecule has 0 aliphatic carbocycles. The average molecular weight is 193 g/mol.